The van der Waals surface area contributed by atoms with Gasteiger partial charge < -0.3 is 10.4 Å². The summed E-state index contributed by atoms with van der Waals surface area (Å²) in [4.78, 5) is 14.7. The highest BCUT2D eigenvalue weighted by molar-refractivity contribution is 5.91. The van der Waals surface area contributed by atoms with E-state index in [1.807, 2.05) is 0 Å². The number of amides is 1. The van der Waals surface area contributed by atoms with Crippen LogP contribution in [0.2, 0.25) is 0 Å². The van der Waals surface area contributed by atoms with Crippen LogP contribution in [0.4, 0.5) is 0 Å². The Morgan fingerprint density at radius 2 is 2.55 bits per heavy atom. The van der Waals surface area contributed by atoms with Crippen molar-refractivity contribution in [2.45, 2.75) is 6.35 Å². The van der Waals surface area contributed by atoms with Crippen molar-refractivity contribution in [2.75, 3.05) is 5.43 Å². The van der Waals surface area contributed by atoms with Crippen LogP contribution in [0, 0.1) is 0 Å². The van der Waals surface area contributed by atoms with Crippen LogP contribution in [-0.4, -0.2) is 27.0 Å². The quantitative estimate of drug-likeness (QED) is 0.422. The fourth-order valence-corrected chi connectivity index (χ4v) is 0.928. The highest BCUT2D eigenvalue weighted by Gasteiger charge is 2.21. The smallest absolute Gasteiger partial charge is 0.292 e. The summed E-state index contributed by atoms with van der Waals surface area (Å²) in [5, 5.41) is 11.2. The molecule has 0 saturated carbocycles. The van der Waals surface area contributed by atoms with E-state index in [9.17, 15) is 4.79 Å². The Hall–Kier alpha value is -1.56. The Morgan fingerprint density at radius 1 is 1.73 bits per heavy atom. The summed E-state index contributed by atoms with van der Waals surface area (Å²) < 4.78 is 1.36. The maximum Gasteiger partial charge on any atom is 0.292 e. The number of aromatic nitrogens is 2. The molecule has 0 spiro atoms. The van der Waals surface area contributed by atoms with Gasteiger partial charge in [0.05, 0.1) is 0 Å². The predicted octanol–water partition coefficient (Wildman–Crippen LogP) is -1.55. The highest BCUT2D eigenvalue weighted by Crippen LogP contribution is 1.99. The molecule has 11 heavy (non-hydrogen) atoms. The second kappa shape index (κ2) is 1.96. The molecule has 0 aliphatic carbocycles. The van der Waals surface area contributed by atoms with Gasteiger partial charge in [0.2, 0.25) is 12.2 Å². The second-order valence-electron chi connectivity index (χ2n) is 2.13. The Kier molecular flexibility index (Phi) is 1.10. The largest absolute Gasteiger partial charge is 0.355 e. The van der Waals surface area contributed by atoms with Crippen LogP contribution < -0.4 is 10.7 Å². The average molecular weight is 154 g/mol. The van der Waals surface area contributed by atoms with E-state index in [0.717, 1.165) is 0 Å². The van der Waals surface area contributed by atoms with E-state index in [0.29, 0.717) is 0 Å². The fourth-order valence-electron chi connectivity index (χ4n) is 0.928. The summed E-state index contributed by atoms with van der Waals surface area (Å²) >= 11 is 0. The van der Waals surface area contributed by atoms with Crippen LogP contribution >= 0.6 is 0 Å². The van der Waals surface area contributed by atoms with E-state index in [-0.39, 0.29) is 11.7 Å². The standard InChI is InChI=1S/C5H6N4O2/c10-4-3-6-1-2-9(3)8-5(11)7-4/h1-2,5,8,11H,(H,7,10). The molecule has 0 bridgehead atoms. The van der Waals surface area contributed by atoms with Crippen molar-refractivity contribution in [3.8, 4) is 0 Å². The van der Waals surface area contributed by atoms with Crippen LogP contribution in [0.3, 0.4) is 0 Å². The van der Waals surface area contributed by atoms with Crippen LogP contribution in [0.15, 0.2) is 12.4 Å². The van der Waals surface area contributed by atoms with Gasteiger partial charge >= 0.3 is 0 Å². The van der Waals surface area contributed by atoms with Crippen molar-refractivity contribution in [3.05, 3.63) is 18.2 Å². The lowest BCUT2D eigenvalue weighted by Gasteiger charge is -2.21. The van der Waals surface area contributed by atoms with E-state index in [4.69, 9.17) is 5.11 Å². The number of aliphatic hydroxyl groups excluding tert-OH is 1. The van der Waals surface area contributed by atoms with Gasteiger partial charge in [0.1, 0.15) is 0 Å². The van der Waals surface area contributed by atoms with E-state index in [2.05, 4.69) is 15.7 Å². The molecule has 58 valence electrons. The van der Waals surface area contributed by atoms with Crippen molar-refractivity contribution in [1.82, 2.24) is 15.0 Å². The summed E-state index contributed by atoms with van der Waals surface area (Å²) in [5.74, 6) is -0.142. The zero-order valence-corrected chi connectivity index (χ0v) is 5.48. The van der Waals surface area contributed by atoms with Crippen LogP contribution in [0.1, 0.15) is 10.6 Å². The van der Waals surface area contributed by atoms with Crippen molar-refractivity contribution in [3.63, 3.8) is 0 Å². The molecule has 1 unspecified atom stereocenters. The second-order valence-corrected chi connectivity index (χ2v) is 2.13. The third-order valence-electron chi connectivity index (χ3n) is 1.37. The Balaban J connectivity index is 2.44. The molecule has 0 radical (unpaired) electrons. The van der Waals surface area contributed by atoms with E-state index in [1.165, 1.54) is 10.9 Å². The van der Waals surface area contributed by atoms with Gasteiger partial charge in [0.15, 0.2) is 0 Å². The zero-order valence-electron chi connectivity index (χ0n) is 5.48. The predicted molar refractivity (Wildman–Crippen MR) is 35.1 cm³/mol. The molecule has 2 rings (SSSR count). The molecular formula is C5H6N4O2. The maximum absolute atomic E-state index is 11.0. The van der Waals surface area contributed by atoms with Gasteiger partial charge in [-0.1, -0.05) is 0 Å². The number of rotatable bonds is 0. The Morgan fingerprint density at radius 3 is 3.36 bits per heavy atom. The van der Waals surface area contributed by atoms with Gasteiger partial charge in [-0.3, -0.25) is 10.2 Å². The molecule has 1 amide bonds. The van der Waals surface area contributed by atoms with Crippen LogP contribution in [0.5, 0.6) is 0 Å². The maximum atomic E-state index is 11.0. The minimum Gasteiger partial charge on any atom is -0.355 e. The number of fused-ring (bicyclic) bond motifs is 1. The van der Waals surface area contributed by atoms with Crippen LogP contribution in [-0.2, 0) is 0 Å². The molecule has 1 aromatic rings. The first kappa shape index (κ1) is 6.17. The molecule has 3 N–H and O–H groups in total. The molecule has 1 aliphatic heterocycles. The lowest BCUT2D eigenvalue weighted by Crippen LogP contribution is -2.50. The number of nitrogens with zero attached hydrogens (tertiary/aromatic N) is 2. The van der Waals surface area contributed by atoms with Gasteiger partial charge in [0.25, 0.3) is 5.91 Å². The molecule has 1 aliphatic rings. The molecule has 1 atom stereocenters. The number of hydrogen-bond donors (Lipinski definition) is 3. The summed E-state index contributed by atoms with van der Waals surface area (Å²) in [6.45, 7) is 0. The molecule has 6 nitrogen and oxygen atoms in total. The molecular weight excluding hydrogens is 148 g/mol. The molecule has 0 saturated heterocycles. The number of carbonyl (C=O) groups excluding carboxylic acids is 1. The summed E-state index contributed by atoms with van der Waals surface area (Å²) in [5.41, 5.74) is 2.55. The van der Waals surface area contributed by atoms with E-state index < -0.39 is 6.35 Å². The van der Waals surface area contributed by atoms with Gasteiger partial charge in [-0.2, -0.15) is 0 Å². The molecule has 6 heteroatoms. The van der Waals surface area contributed by atoms with Crippen LogP contribution in [0.25, 0.3) is 0 Å². The minimum absolute atomic E-state index is 0.246. The van der Waals surface area contributed by atoms with Crippen molar-refractivity contribution in [2.24, 2.45) is 0 Å². The summed E-state index contributed by atoms with van der Waals surface area (Å²) in [7, 11) is 0. The molecule has 1 aromatic heterocycles. The number of hydrogen-bond acceptors (Lipinski definition) is 4. The first-order valence-electron chi connectivity index (χ1n) is 3.06. The van der Waals surface area contributed by atoms with Gasteiger partial charge in [-0.25, -0.2) is 9.66 Å². The number of imidazole rings is 1. The average Bonchev–Trinajstić information content (AvgIpc) is 2.34. The fraction of sp³-hybridized carbons (Fsp3) is 0.200. The lowest BCUT2D eigenvalue weighted by molar-refractivity contribution is 0.0747. The van der Waals surface area contributed by atoms with Gasteiger partial charge in [-0.15, -0.1) is 0 Å². The van der Waals surface area contributed by atoms with Gasteiger partial charge in [-0.05, 0) is 0 Å². The van der Waals surface area contributed by atoms with E-state index >= 15 is 0 Å². The number of aliphatic hydroxyl groups is 1. The number of nitrogens with one attached hydrogen (secondary N) is 2. The number of carbonyl (C=O) groups is 1. The highest BCUT2D eigenvalue weighted by atomic mass is 16.3. The molecule has 2 heterocycles. The minimum atomic E-state index is -1.04. The lowest BCUT2D eigenvalue weighted by atomic mass is 10.5. The van der Waals surface area contributed by atoms with Crippen molar-refractivity contribution >= 4 is 5.91 Å². The molecule has 0 fully saturated rings. The van der Waals surface area contributed by atoms with Crippen molar-refractivity contribution < 1.29 is 9.90 Å². The van der Waals surface area contributed by atoms with Crippen molar-refractivity contribution in [1.29, 1.82) is 0 Å². The zero-order chi connectivity index (χ0) is 7.84. The monoisotopic (exact) mass is 154 g/mol. The topological polar surface area (TPSA) is 79.2 Å². The summed E-state index contributed by atoms with van der Waals surface area (Å²) in [6, 6.07) is 0. The first-order chi connectivity index (χ1) is 5.27. The third kappa shape index (κ3) is 0.838. The SMILES string of the molecule is O=C1NC(O)Nn2ccnc21. The Labute approximate surface area is 61.8 Å². The third-order valence-corrected chi connectivity index (χ3v) is 1.37. The first-order valence-corrected chi connectivity index (χ1v) is 3.06. The molecule has 0 aromatic carbocycles. The summed E-state index contributed by atoms with van der Waals surface area (Å²) in [6.07, 6.45) is 1.99. The van der Waals surface area contributed by atoms with E-state index in [1.54, 1.807) is 6.20 Å². The van der Waals surface area contributed by atoms with Gasteiger partial charge in [0, 0.05) is 12.4 Å². The Bertz CT molecular complexity index is 294. The normalized spacial score (nSPS) is 21.9.